The van der Waals surface area contributed by atoms with E-state index in [0.717, 1.165) is 6.42 Å². The summed E-state index contributed by atoms with van der Waals surface area (Å²) in [7, 11) is 0. The van der Waals surface area contributed by atoms with Gasteiger partial charge in [-0.15, -0.1) is 0 Å². The lowest BCUT2D eigenvalue weighted by atomic mass is 10.0. The summed E-state index contributed by atoms with van der Waals surface area (Å²) in [4.78, 5) is 0. The molecule has 0 aliphatic carbocycles. The van der Waals surface area contributed by atoms with Crippen molar-refractivity contribution in [3.8, 4) is 5.75 Å². The third-order valence-corrected chi connectivity index (χ3v) is 3.04. The lowest BCUT2D eigenvalue weighted by molar-refractivity contribution is 0.433. The smallest absolute Gasteiger partial charge is 0.115 e. The molecule has 0 spiro atoms. The first kappa shape index (κ1) is 14.0. The van der Waals surface area contributed by atoms with Crippen LogP contribution in [0.4, 0.5) is 0 Å². The van der Waals surface area contributed by atoms with Gasteiger partial charge in [0, 0.05) is 12.1 Å². The summed E-state index contributed by atoms with van der Waals surface area (Å²) < 4.78 is 0. The van der Waals surface area contributed by atoms with Crippen LogP contribution in [-0.4, -0.2) is 17.2 Å². The SMILES string of the molecule is CCCCC(C)NC(C)Cc1ccc(O)cc1. The van der Waals surface area contributed by atoms with Gasteiger partial charge in [-0.2, -0.15) is 0 Å². The molecule has 0 fully saturated rings. The first-order valence-corrected chi connectivity index (χ1v) is 6.65. The fourth-order valence-corrected chi connectivity index (χ4v) is 2.12. The second-order valence-corrected chi connectivity index (χ2v) is 4.98. The maximum atomic E-state index is 9.22. The molecule has 2 N–H and O–H groups in total. The second kappa shape index (κ2) is 7.33. The van der Waals surface area contributed by atoms with Crippen molar-refractivity contribution in [1.29, 1.82) is 0 Å². The lowest BCUT2D eigenvalue weighted by Crippen LogP contribution is -2.35. The molecule has 1 aromatic carbocycles. The van der Waals surface area contributed by atoms with Crippen LogP contribution in [0.1, 0.15) is 45.6 Å². The number of phenolic OH excluding ortho intramolecular Hbond substituents is 1. The predicted molar refractivity (Wildman–Crippen MR) is 73.4 cm³/mol. The van der Waals surface area contributed by atoms with Crippen LogP contribution in [0.5, 0.6) is 5.75 Å². The number of hydrogen-bond donors (Lipinski definition) is 2. The van der Waals surface area contributed by atoms with Crippen molar-refractivity contribution in [1.82, 2.24) is 5.32 Å². The van der Waals surface area contributed by atoms with Gasteiger partial charge in [-0.1, -0.05) is 31.9 Å². The highest BCUT2D eigenvalue weighted by Crippen LogP contribution is 2.11. The minimum absolute atomic E-state index is 0.339. The molecular formula is C15H25NO. The molecule has 17 heavy (non-hydrogen) atoms. The number of benzene rings is 1. The molecule has 1 rings (SSSR count). The number of rotatable bonds is 7. The van der Waals surface area contributed by atoms with E-state index in [-0.39, 0.29) is 0 Å². The average molecular weight is 235 g/mol. The van der Waals surface area contributed by atoms with Crippen LogP contribution in [0.15, 0.2) is 24.3 Å². The third-order valence-electron chi connectivity index (χ3n) is 3.04. The number of hydrogen-bond acceptors (Lipinski definition) is 2. The molecule has 0 aliphatic heterocycles. The number of phenols is 1. The zero-order chi connectivity index (χ0) is 12.7. The maximum Gasteiger partial charge on any atom is 0.115 e. The largest absolute Gasteiger partial charge is 0.508 e. The number of unbranched alkanes of at least 4 members (excludes halogenated alkanes) is 1. The van der Waals surface area contributed by atoms with E-state index in [1.807, 2.05) is 12.1 Å². The van der Waals surface area contributed by atoms with Crippen molar-refractivity contribution in [3.63, 3.8) is 0 Å². The second-order valence-electron chi connectivity index (χ2n) is 4.98. The molecule has 2 nitrogen and oxygen atoms in total. The summed E-state index contributed by atoms with van der Waals surface area (Å²) >= 11 is 0. The minimum atomic E-state index is 0.339. The van der Waals surface area contributed by atoms with Crippen LogP contribution in [0.25, 0.3) is 0 Å². The van der Waals surface area contributed by atoms with Gasteiger partial charge in [0.25, 0.3) is 0 Å². The van der Waals surface area contributed by atoms with Gasteiger partial charge in [-0.3, -0.25) is 0 Å². The molecule has 0 saturated heterocycles. The molecular weight excluding hydrogens is 210 g/mol. The summed E-state index contributed by atoms with van der Waals surface area (Å²) in [6.07, 6.45) is 4.81. The van der Waals surface area contributed by atoms with Crippen LogP contribution in [0.2, 0.25) is 0 Å². The molecule has 0 aromatic heterocycles. The highest BCUT2D eigenvalue weighted by molar-refractivity contribution is 5.26. The Hall–Kier alpha value is -1.02. The minimum Gasteiger partial charge on any atom is -0.508 e. The molecule has 0 radical (unpaired) electrons. The fourth-order valence-electron chi connectivity index (χ4n) is 2.12. The van der Waals surface area contributed by atoms with Crippen LogP contribution in [0, 0.1) is 0 Å². The highest BCUT2D eigenvalue weighted by atomic mass is 16.3. The van der Waals surface area contributed by atoms with Gasteiger partial charge in [0.1, 0.15) is 5.75 Å². The van der Waals surface area contributed by atoms with Gasteiger partial charge in [0.05, 0.1) is 0 Å². The molecule has 0 amide bonds. The Morgan fingerprint density at radius 1 is 1.12 bits per heavy atom. The van der Waals surface area contributed by atoms with E-state index in [1.165, 1.54) is 24.8 Å². The van der Waals surface area contributed by atoms with Crippen molar-refractivity contribution in [2.45, 2.75) is 58.5 Å². The van der Waals surface area contributed by atoms with E-state index in [0.29, 0.717) is 17.8 Å². The van der Waals surface area contributed by atoms with Gasteiger partial charge in [0.15, 0.2) is 0 Å². The molecule has 0 saturated carbocycles. The molecule has 96 valence electrons. The van der Waals surface area contributed by atoms with Crippen LogP contribution >= 0.6 is 0 Å². The number of nitrogens with one attached hydrogen (secondary N) is 1. The molecule has 2 atom stereocenters. The highest BCUT2D eigenvalue weighted by Gasteiger charge is 2.07. The van der Waals surface area contributed by atoms with Crippen molar-refractivity contribution in [3.05, 3.63) is 29.8 Å². The molecule has 2 unspecified atom stereocenters. The Balaban J connectivity index is 2.33. The summed E-state index contributed by atoms with van der Waals surface area (Å²) in [6.45, 7) is 6.70. The zero-order valence-electron chi connectivity index (χ0n) is 11.2. The molecule has 0 bridgehead atoms. The van der Waals surface area contributed by atoms with E-state index in [4.69, 9.17) is 0 Å². The van der Waals surface area contributed by atoms with Gasteiger partial charge < -0.3 is 10.4 Å². The zero-order valence-corrected chi connectivity index (χ0v) is 11.2. The molecule has 2 heteroatoms. The number of aromatic hydroxyl groups is 1. The van der Waals surface area contributed by atoms with Crippen molar-refractivity contribution < 1.29 is 5.11 Å². The van der Waals surface area contributed by atoms with E-state index in [2.05, 4.69) is 26.1 Å². The Morgan fingerprint density at radius 3 is 2.35 bits per heavy atom. The predicted octanol–water partition coefficient (Wildman–Crippen LogP) is 3.49. The van der Waals surface area contributed by atoms with Gasteiger partial charge in [0.2, 0.25) is 0 Å². The van der Waals surface area contributed by atoms with Crippen molar-refractivity contribution >= 4 is 0 Å². The topological polar surface area (TPSA) is 32.3 Å². The van der Waals surface area contributed by atoms with E-state index in [9.17, 15) is 5.11 Å². The lowest BCUT2D eigenvalue weighted by Gasteiger charge is -2.20. The van der Waals surface area contributed by atoms with Crippen molar-refractivity contribution in [2.75, 3.05) is 0 Å². The third kappa shape index (κ3) is 5.73. The van der Waals surface area contributed by atoms with E-state index < -0.39 is 0 Å². The standard InChI is InChI=1S/C15H25NO/c1-4-5-6-12(2)16-13(3)11-14-7-9-15(17)10-8-14/h7-10,12-13,16-17H,4-6,11H2,1-3H3. The molecule has 0 aliphatic rings. The summed E-state index contributed by atoms with van der Waals surface area (Å²) in [5, 5.41) is 12.8. The Bertz CT molecular complexity index is 307. The van der Waals surface area contributed by atoms with Crippen LogP contribution < -0.4 is 5.32 Å². The Kier molecular flexibility index (Phi) is 6.06. The van der Waals surface area contributed by atoms with Crippen molar-refractivity contribution in [2.24, 2.45) is 0 Å². The van der Waals surface area contributed by atoms with Crippen LogP contribution in [0.3, 0.4) is 0 Å². The quantitative estimate of drug-likeness (QED) is 0.758. The molecule has 0 heterocycles. The van der Waals surface area contributed by atoms with Gasteiger partial charge in [-0.25, -0.2) is 0 Å². The first-order valence-electron chi connectivity index (χ1n) is 6.65. The first-order chi connectivity index (χ1) is 8.11. The maximum absolute atomic E-state index is 9.22. The Labute approximate surface area is 105 Å². The van der Waals surface area contributed by atoms with Gasteiger partial charge >= 0.3 is 0 Å². The average Bonchev–Trinajstić information content (AvgIpc) is 2.29. The fraction of sp³-hybridized carbons (Fsp3) is 0.600. The van der Waals surface area contributed by atoms with Gasteiger partial charge in [-0.05, 0) is 44.4 Å². The van der Waals surface area contributed by atoms with E-state index in [1.54, 1.807) is 12.1 Å². The molecule has 1 aromatic rings. The Morgan fingerprint density at radius 2 is 1.76 bits per heavy atom. The van der Waals surface area contributed by atoms with E-state index >= 15 is 0 Å². The summed E-state index contributed by atoms with van der Waals surface area (Å²) in [6, 6.07) is 8.55. The monoisotopic (exact) mass is 235 g/mol. The van der Waals surface area contributed by atoms with Crippen LogP contribution in [-0.2, 0) is 6.42 Å². The summed E-state index contributed by atoms with van der Waals surface area (Å²) in [5.74, 6) is 0.339. The summed E-state index contributed by atoms with van der Waals surface area (Å²) in [5.41, 5.74) is 1.27. The normalized spacial score (nSPS) is 14.5.